The van der Waals surface area contributed by atoms with E-state index in [1.165, 1.54) is 0 Å². The van der Waals surface area contributed by atoms with Crippen LogP contribution in [0, 0.1) is 25.6 Å². The van der Waals surface area contributed by atoms with Crippen LogP contribution in [0.2, 0.25) is 0 Å². The van der Waals surface area contributed by atoms with Gasteiger partial charge < -0.3 is 10.1 Å². The molecule has 102 valence electrons. The quantitative estimate of drug-likeness (QED) is 0.868. The lowest BCUT2D eigenvalue weighted by molar-refractivity contribution is 0.0336. The lowest BCUT2D eigenvalue weighted by Gasteiger charge is -2.30. The van der Waals surface area contributed by atoms with Gasteiger partial charge in [-0.3, -0.25) is 0 Å². The highest BCUT2D eigenvalue weighted by Gasteiger charge is 2.28. The highest BCUT2D eigenvalue weighted by Crippen LogP contribution is 2.29. The van der Waals surface area contributed by atoms with Crippen LogP contribution in [0.1, 0.15) is 36.6 Å². The molecule has 0 spiro atoms. The Kier molecular flexibility index (Phi) is 5.29. The number of likely N-dealkylation sites (N-methyl/N-ethyl adjacent to an activating group) is 1. The molecule has 0 heterocycles. The van der Waals surface area contributed by atoms with Crippen LogP contribution < -0.4 is 5.32 Å². The normalized spacial score (nSPS) is 14.9. The summed E-state index contributed by atoms with van der Waals surface area (Å²) < 4.78 is 19.7. The van der Waals surface area contributed by atoms with E-state index in [1.807, 2.05) is 27.0 Å². The Labute approximate surface area is 110 Å². The predicted octanol–water partition coefficient (Wildman–Crippen LogP) is 3.37. The molecular formula is C15H24FNO. The van der Waals surface area contributed by atoms with Crippen LogP contribution in [0.3, 0.4) is 0 Å². The molecule has 2 unspecified atom stereocenters. The summed E-state index contributed by atoms with van der Waals surface area (Å²) in [6.45, 7) is 8.02. The summed E-state index contributed by atoms with van der Waals surface area (Å²) in [5.41, 5.74) is 2.63. The van der Waals surface area contributed by atoms with Gasteiger partial charge in [-0.05, 0) is 44.0 Å². The van der Waals surface area contributed by atoms with Crippen molar-refractivity contribution in [3.63, 3.8) is 0 Å². The first-order valence-corrected chi connectivity index (χ1v) is 6.39. The Balaban J connectivity index is 3.24. The van der Waals surface area contributed by atoms with Gasteiger partial charge >= 0.3 is 0 Å². The number of rotatable bonds is 5. The molecule has 2 atom stereocenters. The third-order valence-electron chi connectivity index (χ3n) is 3.36. The number of nitrogens with one attached hydrogen (secondary N) is 1. The first kappa shape index (κ1) is 15.1. The SMILES string of the molecule is CNC(c1c(C)cc(C)cc1F)C(OC)C(C)C. The zero-order valence-electron chi connectivity index (χ0n) is 12.2. The van der Waals surface area contributed by atoms with Crippen LogP contribution in [0.5, 0.6) is 0 Å². The lowest BCUT2D eigenvalue weighted by atomic mass is 9.90. The fraction of sp³-hybridized carbons (Fsp3) is 0.600. The fourth-order valence-electron chi connectivity index (χ4n) is 2.59. The summed E-state index contributed by atoms with van der Waals surface area (Å²) in [7, 11) is 3.52. The summed E-state index contributed by atoms with van der Waals surface area (Å²) in [4.78, 5) is 0. The number of methoxy groups -OCH3 is 1. The molecule has 1 rings (SSSR count). The number of hydrogen-bond acceptors (Lipinski definition) is 2. The van der Waals surface area contributed by atoms with Gasteiger partial charge in [-0.25, -0.2) is 4.39 Å². The van der Waals surface area contributed by atoms with Crippen LogP contribution >= 0.6 is 0 Å². The van der Waals surface area contributed by atoms with E-state index in [2.05, 4.69) is 19.2 Å². The van der Waals surface area contributed by atoms with Crippen LogP contribution in [-0.4, -0.2) is 20.3 Å². The van der Waals surface area contributed by atoms with E-state index in [-0.39, 0.29) is 18.0 Å². The zero-order valence-corrected chi connectivity index (χ0v) is 12.2. The van der Waals surface area contributed by atoms with Crippen molar-refractivity contribution in [2.75, 3.05) is 14.2 Å². The molecule has 0 amide bonds. The van der Waals surface area contributed by atoms with E-state index in [9.17, 15) is 4.39 Å². The van der Waals surface area contributed by atoms with Crippen LogP contribution in [0.15, 0.2) is 12.1 Å². The van der Waals surface area contributed by atoms with Gasteiger partial charge in [-0.2, -0.15) is 0 Å². The summed E-state index contributed by atoms with van der Waals surface area (Å²) in [6, 6.07) is 3.46. The van der Waals surface area contributed by atoms with Crippen molar-refractivity contribution in [2.24, 2.45) is 5.92 Å². The second-order valence-electron chi connectivity index (χ2n) is 5.19. The Bertz CT molecular complexity index is 380. The Hall–Kier alpha value is -0.930. The van der Waals surface area contributed by atoms with Gasteiger partial charge in [-0.15, -0.1) is 0 Å². The van der Waals surface area contributed by atoms with Gasteiger partial charge in [0.15, 0.2) is 0 Å². The summed E-state index contributed by atoms with van der Waals surface area (Å²) in [5, 5.41) is 3.19. The van der Waals surface area contributed by atoms with E-state index in [0.717, 1.165) is 11.1 Å². The number of aryl methyl sites for hydroxylation is 2. The fourth-order valence-corrected chi connectivity index (χ4v) is 2.59. The van der Waals surface area contributed by atoms with Crippen LogP contribution in [0.25, 0.3) is 0 Å². The molecule has 3 heteroatoms. The monoisotopic (exact) mass is 253 g/mol. The maximum Gasteiger partial charge on any atom is 0.128 e. The molecule has 0 aliphatic carbocycles. The molecular weight excluding hydrogens is 229 g/mol. The minimum Gasteiger partial charge on any atom is -0.379 e. The van der Waals surface area contributed by atoms with Crippen molar-refractivity contribution >= 4 is 0 Å². The molecule has 2 nitrogen and oxygen atoms in total. The Morgan fingerprint density at radius 1 is 1.22 bits per heavy atom. The topological polar surface area (TPSA) is 21.3 Å². The average molecular weight is 253 g/mol. The predicted molar refractivity (Wildman–Crippen MR) is 73.3 cm³/mol. The number of ether oxygens (including phenoxy) is 1. The maximum absolute atomic E-state index is 14.2. The van der Waals surface area contributed by atoms with Gasteiger partial charge in [0, 0.05) is 12.7 Å². The smallest absolute Gasteiger partial charge is 0.128 e. The minimum atomic E-state index is -0.158. The number of benzene rings is 1. The Morgan fingerprint density at radius 2 is 1.83 bits per heavy atom. The second kappa shape index (κ2) is 6.30. The summed E-state index contributed by atoms with van der Waals surface area (Å²) >= 11 is 0. The first-order valence-electron chi connectivity index (χ1n) is 6.39. The summed E-state index contributed by atoms with van der Waals surface area (Å²) in [6.07, 6.45) is -0.0501. The molecule has 1 aromatic carbocycles. The van der Waals surface area contributed by atoms with Gasteiger partial charge in [0.05, 0.1) is 12.1 Å². The highest BCUT2D eigenvalue weighted by atomic mass is 19.1. The van der Waals surface area contributed by atoms with Crippen molar-refractivity contribution in [1.29, 1.82) is 0 Å². The molecule has 0 saturated carbocycles. The molecule has 0 aromatic heterocycles. The van der Waals surface area contributed by atoms with Crippen molar-refractivity contribution in [2.45, 2.75) is 39.8 Å². The van der Waals surface area contributed by atoms with E-state index >= 15 is 0 Å². The largest absolute Gasteiger partial charge is 0.379 e. The molecule has 1 aromatic rings. The number of halogens is 1. The molecule has 0 aliphatic rings. The molecule has 0 bridgehead atoms. The average Bonchev–Trinajstić information content (AvgIpc) is 2.25. The van der Waals surface area contributed by atoms with Gasteiger partial charge in [-0.1, -0.05) is 19.9 Å². The van der Waals surface area contributed by atoms with E-state index in [4.69, 9.17) is 4.74 Å². The molecule has 18 heavy (non-hydrogen) atoms. The lowest BCUT2D eigenvalue weighted by Crippen LogP contribution is -2.35. The van der Waals surface area contributed by atoms with Crippen LogP contribution in [0.4, 0.5) is 4.39 Å². The first-order chi connectivity index (χ1) is 8.42. The van der Waals surface area contributed by atoms with E-state index in [1.54, 1.807) is 13.2 Å². The zero-order chi connectivity index (χ0) is 13.9. The van der Waals surface area contributed by atoms with E-state index in [0.29, 0.717) is 11.5 Å². The van der Waals surface area contributed by atoms with Crippen molar-refractivity contribution in [3.05, 3.63) is 34.6 Å². The molecule has 0 fully saturated rings. The second-order valence-corrected chi connectivity index (χ2v) is 5.19. The van der Waals surface area contributed by atoms with Crippen molar-refractivity contribution < 1.29 is 9.13 Å². The Morgan fingerprint density at radius 3 is 2.22 bits per heavy atom. The third kappa shape index (κ3) is 3.09. The van der Waals surface area contributed by atoms with Crippen molar-refractivity contribution in [1.82, 2.24) is 5.32 Å². The summed E-state index contributed by atoms with van der Waals surface area (Å²) in [5.74, 6) is 0.155. The third-order valence-corrected chi connectivity index (χ3v) is 3.36. The van der Waals surface area contributed by atoms with Gasteiger partial charge in [0.2, 0.25) is 0 Å². The maximum atomic E-state index is 14.2. The molecule has 0 radical (unpaired) electrons. The standard InChI is InChI=1S/C15H24FNO/c1-9(2)15(18-6)14(17-5)13-11(4)7-10(3)8-12(13)16/h7-9,14-15,17H,1-6H3. The molecule has 0 saturated heterocycles. The van der Waals surface area contributed by atoms with Crippen molar-refractivity contribution in [3.8, 4) is 0 Å². The number of hydrogen-bond donors (Lipinski definition) is 1. The molecule has 1 N–H and O–H groups in total. The van der Waals surface area contributed by atoms with Crippen LogP contribution in [-0.2, 0) is 4.74 Å². The van der Waals surface area contributed by atoms with Gasteiger partial charge in [0.1, 0.15) is 5.82 Å². The minimum absolute atomic E-state index is 0.0501. The van der Waals surface area contributed by atoms with E-state index < -0.39 is 0 Å². The molecule has 0 aliphatic heterocycles. The van der Waals surface area contributed by atoms with Gasteiger partial charge in [0.25, 0.3) is 0 Å². The highest BCUT2D eigenvalue weighted by molar-refractivity contribution is 5.35.